The lowest BCUT2D eigenvalue weighted by Crippen LogP contribution is -2.32. The molecule has 0 aliphatic carbocycles. The minimum atomic E-state index is -0.121. The molecule has 31 heavy (non-hydrogen) atoms. The molecule has 0 spiro atoms. The van der Waals surface area contributed by atoms with Crippen LogP contribution >= 0.6 is 11.6 Å². The first-order chi connectivity index (χ1) is 15.1. The van der Waals surface area contributed by atoms with E-state index in [4.69, 9.17) is 11.6 Å². The van der Waals surface area contributed by atoms with Crippen molar-refractivity contribution < 1.29 is 0 Å². The van der Waals surface area contributed by atoms with Gasteiger partial charge in [0.25, 0.3) is 5.56 Å². The normalized spacial score (nSPS) is 15.7. The zero-order chi connectivity index (χ0) is 21.4. The SMILES string of the molecule is C[C@H](Nc1ccnc2ccnn12)c1cc2cccc(Cl)c2c(=O)n1CCN1CCCC1. The Labute approximate surface area is 185 Å². The van der Waals surface area contributed by atoms with E-state index in [1.165, 1.54) is 12.8 Å². The molecule has 3 aromatic heterocycles. The van der Waals surface area contributed by atoms with E-state index >= 15 is 0 Å². The van der Waals surface area contributed by atoms with E-state index in [0.29, 0.717) is 17.0 Å². The van der Waals surface area contributed by atoms with Crippen molar-refractivity contribution in [2.24, 2.45) is 0 Å². The van der Waals surface area contributed by atoms with Crippen LogP contribution < -0.4 is 10.9 Å². The fraction of sp³-hybridized carbons (Fsp3) is 0.348. The topological polar surface area (TPSA) is 67.5 Å². The Morgan fingerprint density at radius 2 is 1.97 bits per heavy atom. The molecule has 1 N–H and O–H groups in total. The van der Waals surface area contributed by atoms with Gasteiger partial charge in [-0.3, -0.25) is 4.79 Å². The smallest absolute Gasteiger partial charge is 0.260 e. The first kappa shape index (κ1) is 20.0. The number of halogens is 1. The Balaban J connectivity index is 1.55. The van der Waals surface area contributed by atoms with Crippen LogP contribution in [0.15, 0.2) is 53.6 Å². The summed E-state index contributed by atoms with van der Waals surface area (Å²) in [5, 5.41) is 9.81. The summed E-state index contributed by atoms with van der Waals surface area (Å²) in [7, 11) is 0. The predicted molar refractivity (Wildman–Crippen MR) is 124 cm³/mol. The van der Waals surface area contributed by atoms with Crippen molar-refractivity contribution in [1.82, 2.24) is 24.1 Å². The highest BCUT2D eigenvalue weighted by atomic mass is 35.5. The Bertz CT molecular complexity index is 1290. The molecule has 160 valence electrons. The molecule has 7 nitrogen and oxygen atoms in total. The number of nitrogens with zero attached hydrogens (tertiary/aromatic N) is 5. The highest BCUT2D eigenvalue weighted by Gasteiger charge is 2.19. The molecule has 5 rings (SSSR count). The lowest BCUT2D eigenvalue weighted by Gasteiger charge is -2.23. The Morgan fingerprint density at radius 1 is 1.13 bits per heavy atom. The van der Waals surface area contributed by atoms with Crippen LogP contribution in [0.1, 0.15) is 31.5 Å². The standard InChI is InChI=1S/C23H25ClN6O/c1-16(27-21-7-9-25-20-8-10-26-30(20)21)19-15-17-5-4-6-18(24)22(17)23(31)29(19)14-13-28-11-2-3-12-28/h4-10,15-16,27H,2-3,11-14H2,1H3/t16-/m0/s1. The molecule has 1 aliphatic heterocycles. The fourth-order valence-electron chi connectivity index (χ4n) is 4.45. The van der Waals surface area contributed by atoms with Gasteiger partial charge in [0.2, 0.25) is 0 Å². The number of pyridine rings is 1. The van der Waals surface area contributed by atoms with Gasteiger partial charge in [0.1, 0.15) is 5.82 Å². The number of nitrogens with one attached hydrogen (secondary N) is 1. The van der Waals surface area contributed by atoms with Crippen molar-refractivity contribution >= 4 is 33.8 Å². The number of hydrogen-bond acceptors (Lipinski definition) is 5. The quantitative estimate of drug-likeness (QED) is 0.495. The zero-order valence-electron chi connectivity index (χ0n) is 17.5. The summed E-state index contributed by atoms with van der Waals surface area (Å²) in [5.41, 5.74) is 1.66. The summed E-state index contributed by atoms with van der Waals surface area (Å²) in [4.78, 5) is 20.2. The van der Waals surface area contributed by atoms with E-state index in [2.05, 4.69) is 33.3 Å². The van der Waals surface area contributed by atoms with Gasteiger partial charge in [-0.05, 0) is 56.4 Å². The van der Waals surface area contributed by atoms with Gasteiger partial charge in [-0.25, -0.2) is 4.98 Å². The van der Waals surface area contributed by atoms with Gasteiger partial charge in [-0.1, -0.05) is 23.7 Å². The van der Waals surface area contributed by atoms with Gasteiger partial charge >= 0.3 is 0 Å². The third-order valence-electron chi connectivity index (χ3n) is 6.06. The molecule has 0 unspecified atom stereocenters. The molecule has 1 fully saturated rings. The van der Waals surface area contributed by atoms with E-state index in [0.717, 1.165) is 42.2 Å². The monoisotopic (exact) mass is 436 g/mol. The maximum atomic E-state index is 13.5. The summed E-state index contributed by atoms with van der Waals surface area (Å²) in [6, 6.07) is 11.3. The minimum Gasteiger partial charge on any atom is -0.362 e. The van der Waals surface area contributed by atoms with Crippen LogP contribution in [0, 0.1) is 0 Å². The van der Waals surface area contributed by atoms with Gasteiger partial charge in [0.15, 0.2) is 5.65 Å². The minimum absolute atomic E-state index is 0.0371. The van der Waals surface area contributed by atoms with Gasteiger partial charge < -0.3 is 14.8 Å². The summed E-state index contributed by atoms with van der Waals surface area (Å²) in [6.45, 7) is 5.75. The molecule has 0 bridgehead atoms. The molecule has 0 radical (unpaired) electrons. The average Bonchev–Trinajstić information content (AvgIpc) is 3.45. The molecule has 1 saturated heterocycles. The van der Waals surface area contributed by atoms with Crippen molar-refractivity contribution in [3.8, 4) is 0 Å². The molecule has 1 aliphatic rings. The Hall–Kier alpha value is -2.90. The molecule has 0 saturated carbocycles. The third-order valence-corrected chi connectivity index (χ3v) is 6.37. The summed E-state index contributed by atoms with van der Waals surface area (Å²) >= 11 is 6.42. The van der Waals surface area contributed by atoms with Crippen molar-refractivity contribution in [2.45, 2.75) is 32.4 Å². The predicted octanol–water partition coefficient (Wildman–Crippen LogP) is 3.97. The van der Waals surface area contributed by atoms with Crippen LogP contribution in [-0.2, 0) is 6.54 Å². The highest BCUT2D eigenvalue weighted by molar-refractivity contribution is 6.35. The molecular weight excluding hydrogens is 412 g/mol. The fourth-order valence-corrected chi connectivity index (χ4v) is 4.72. The second-order valence-corrected chi connectivity index (χ2v) is 8.48. The van der Waals surface area contributed by atoms with Crippen LogP contribution in [0.4, 0.5) is 5.82 Å². The second-order valence-electron chi connectivity index (χ2n) is 8.08. The van der Waals surface area contributed by atoms with Crippen LogP contribution in [0.3, 0.4) is 0 Å². The van der Waals surface area contributed by atoms with E-state index in [1.807, 2.05) is 28.8 Å². The molecule has 4 heterocycles. The largest absolute Gasteiger partial charge is 0.362 e. The number of benzene rings is 1. The summed E-state index contributed by atoms with van der Waals surface area (Å²) in [6.07, 6.45) is 5.94. The highest BCUT2D eigenvalue weighted by Crippen LogP contribution is 2.25. The van der Waals surface area contributed by atoms with Gasteiger partial charge in [-0.15, -0.1) is 0 Å². The first-order valence-electron chi connectivity index (χ1n) is 10.7. The molecule has 1 aromatic carbocycles. The third kappa shape index (κ3) is 3.79. The summed E-state index contributed by atoms with van der Waals surface area (Å²) < 4.78 is 3.65. The number of likely N-dealkylation sites (tertiary alicyclic amines) is 1. The molecular formula is C23H25ClN6O. The molecule has 4 aromatic rings. The number of anilines is 1. The number of aromatic nitrogens is 4. The molecule has 8 heteroatoms. The Morgan fingerprint density at radius 3 is 2.81 bits per heavy atom. The van der Waals surface area contributed by atoms with Crippen molar-refractivity contribution in [2.75, 3.05) is 25.0 Å². The summed E-state index contributed by atoms with van der Waals surface area (Å²) in [5.74, 6) is 0.826. The van der Waals surface area contributed by atoms with Crippen molar-refractivity contribution in [3.05, 3.63) is 69.9 Å². The van der Waals surface area contributed by atoms with Crippen molar-refractivity contribution in [3.63, 3.8) is 0 Å². The van der Waals surface area contributed by atoms with Crippen LogP contribution in [0.2, 0.25) is 5.02 Å². The van der Waals surface area contributed by atoms with E-state index in [9.17, 15) is 4.79 Å². The van der Waals surface area contributed by atoms with E-state index < -0.39 is 0 Å². The number of rotatable bonds is 6. The molecule has 1 atom stereocenters. The van der Waals surface area contributed by atoms with Crippen LogP contribution in [-0.4, -0.2) is 43.7 Å². The maximum absolute atomic E-state index is 13.5. The van der Waals surface area contributed by atoms with E-state index in [1.54, 1.807) is 23.0 Å². The van der Waals surface area contributed by atoms with Crippen LogP contribution in [0.25, 0.3) is 16.4 Å². The number of hydrogen-bond donors (Lipinski definition) is 1. The Kier molecular flexibility index (Phi) is 5.38. The second kappa shape index (κ2) is 8.32. The van der Waals surface area contributed by atoms with Gasteiger partial charge in [0, 0.05) is 31.0 Å². The zero-order valence-corrected chi connectivity index (χ0v) is 18.2. The van der Waals surface area contributed by atoms with Gasteiger partial charge in [-0.2, -0.15) is 9.61 Å². The maximum Gasteiger partial charge on any atom is 0.260 e. The van der Waals surface area contributed by atoms with E-state index in [-0.39, 0.29) is 11.6 Å². The average molecular weight is 437 g/mol. The first-order valence-corrected chi connectivity index (χ1v) is 11.1. The molecule has 0 amide bonds. The number of fused-ring (bicyclic) bond motifs is 2. The lowest BCUT2D eigenvalue weighted by molar-refractivity contribution is 0.318. The van der Waals surface area contributed by atoms with Crippen molar-refractivity contribution in [1.29, 1.82) is 0 Å². The van der Waals surface area contributed by atoms with Gasteiger partial charge in [0.05, 0.1) is 22.6 Å². The van der Waals surface area contributed by atoms with Crippen LogP contribution in [0.5, 0.6) is 0 Å². The lowest BCUT2D eigenvalue weighted by atomic mass is 10.1.